The third-order valence-electron chi connectivity index (χ3n) is 1.06. The number of alkyl halides is 3. The molecule has 0 radical (unpaired) electrons. The minimum Gasteiger partial charge on any atom is -0.466 e. The van der Waals surface area contributed by atoms with E-state index >= 15 is 0 Å². The minimum atomic E-state index is -2.05. The lowest BCUT2D eigenvalue weighted by atomic mass is 10.5. The average molecular weight is 264 g/mol. The van der Waals surface area contributed by atoms with Gasteiger partial charge in [-0.2, -0.15) is 0 Å². The summed E-state index contributed by atoms with van der Waals surface area (Å²) in [6.07, 6.45) is 0.367. The van der Waals surface area contributed by atoms with Crippen molar-refractivity contribution in [2.45, 2.75) is 17.1 Å². The Balaban J connectivity index is 3.46. The van der Waals surface area contributed by atoms with Crippen LogP contribution in [0.5, 0.6) is 0 Å². The molecule has 0 aromatic heterocycles. The Morgan fingerprint density at radius 1 is 1.14 bits per heavy atom. The summed E-state index contributed by atoms with van der Waals surface area (Å²) >= 11 is 15.7. The summed E-state index contributed by atoms with van der Waals surface area (Å²) in [5.74, 6) is -1.33. The summed E-state index contributed by atoms with van der Waals surface area (Å²) in [6, 6.07) is 0. The first-order valence-electron chi connectivity index (χ1n) is 3.71. The molecule has 0 bridgehead atoms. The van der Waals surface area contributed by atoms with Crippen LogP contribution in [0.4, 0.5) is 0 Å². The van der Waals surface area contributed by atoms with Crippen molar-refractivity contribution in [1.82, 2.24) is 0 Å². The van der Waals surface area contributed by atoms with Crippen LogP contribution >= 0.6 is 34.8 Å². The van der Waals surface area contributed by atoms with E-state index in [0.717, 1.165) is 0 Å². The molecule has 0 N–H and O–H groups in total. The summed E-state index contributed by atoms with van der Waals surface area (Å²) in [7, 11) is 0. The van der Waals surface area contributed by atoms with Gasteiger partial charge < -0.3 is 9.47 Å². The van der Waals surface area contributed by atoms with Crippen molar-refractivity contribution < 1.29 is 19.1 Å². The van der Waals surface area contributed by atoms with Gasteiger partial charge in [-0.3, -0.25) is 4.79 Å². The molecule has 82 valence electrons. The fraction of sp³-hybridized carbons (Fsp3) is 0.714. The summed E-state index contributed by atoms with van der Waals surface area (Å²) in [6.45, 7) is 1.50. The highest BCUT2D eigenvalue weighted by Gasteiger charge is 2.32. The fourth-order valence-corrected chi connectivity index (χ4v) is 0.685. The van der Waals surface area contributed by atoms with Crippen LogP contribution in [0.15, 0.2) is 0 Å². The Morgan fingerprint density at radius 2 is 1.64 bits per heavy atom. The Kier molecular flexibility index (Phi) is 6.24. The fourth-order valence-electron chi connectivity index (χ4n) is 0.522. The number of ether oxygens (including phenoxy) is 2. The summed E-state index contributed by atoms with van der Waals surface area (Å²) in [5, 5.41) is 0. The smallest absolute Gasteiger partial charge is 0.358 e. The van der Waals surface area contributed by atoms with Gasteiger partial charge in [0.05, 0.1) is 13.2 Å². The zero-order valence-corrected chi connectivity index (χ0v) is 9.66. The van der Waals surface area contributed by atoms with E-state index in [1.165, 1.54) is 6.92 Å². The van der Waals surface area contributed by atoms with Gasteiger partial charge in [0.1, 0.15) is 0 Å². The Hall–Kier alpha value is -0.190. The predicted molar refractivity (Wildman–Crippen MR) is 52.5 cm³/mol. The van der Waals surface area contributed by atoms with E-state index in [1.54, 1.807) is 0 Å². The normalized spacial score (nSPS) is 10.9. The quantitative estimate of drug-likeness (QED) is 0.441. The number of rotatable bonds is 4. The lowest BCUT2D eigenvalue weighted by Gasteiger charge is -2.10. The highest BCUT2D eigenvalue weighted by molar-refractivity contribution is 6.75. The zero-order chi connectivity index (χ0) is 11.2. The second kappa shape index (κ2) is 6.32. The standard InChI is InChI=1S/C7H9Cl3O4/c1-5(11)13-3-2-4-14-6(12)7(8,9)10/h2-4H2,1H3. The Bertz CT molecular complexity index is 211. The lowest BCUT2D eigenvalue weighted by molar-refractivity contribution is -0.144. The van der Waals surface area contributed by atoms with Crippen molar-refractivity contribution >= 4 is 46.7 Å². The minimum absolute atomic E-state index is 0.0417. The molecule has 14 heavy (non-hydrogen) atoms. The first-order chi connectivity index (χ1) is 6.34. The SMILES string of the molecule is CC(=O)OCCCOC(=O)C(Cl)(Cl)Cl. The number of carbonyl (C=O) groups excluding carboxylic acids is 2. The monoisotopic (exact) mass is 262 g/mol. The van der Waals surface area contributed by atoms with Crippen LogP contribution in [0.1, 0.15) is 13.3 Å². The van der Waals surface area contributed by atoms with Crippen LogP contribution in [-0.4, -0.2) is 28.9 Å². The van der Waals surface area contributed by atoms with Gasteiger partial charge in [0.25, 0.3) is 3.79 Å². The molecule has 7 heteroatoms. The van der Waals surface area contributed by atoms with E-state index < -0.39 is 15.7 Å². The van der Waals surface area contributed by atoms with Gasteiger partial charge in [0.15, 0.2) is 0 Å². The third-order valence-corrected chi connectivity index (χ3v) is 1.52. The van der Waals surface area contributed by atoms with Crippen molar-refractivity contribution in [3.8, 4) is 0 Å². The molecule has 0 aliphatic carbocycles. The first-order valence-corrected chi connectivity index (χ1v) is 4.84. The van der Waals surface area contributed by atoms with Gasteiger partial charge in [-0.25, -0.2) is 4.79 Å². The molecule has 0 fully saturated rings. The maximum atomic E-state index is 10.8. The average Bonchev–Trinajstić information content (AvgIpc) is 2.01. The van der Waals surface area contributed by atoms with E-state index in [1.807, 2.05) is 0 Å². The van der Waals surface area contributed by atoms with E-state index in [4.69, 9.17) is 34.8 Å². The van der Waals surface area contributed by atoms with Crippen molar-refractivity contribution in [3.05, 3.63) is 0 Å². The molecule has 0 aromatic carbocycles. The maximum Gasteiger partial charge on any atom is 0.358 e. The maximum absolute atomic E-state index is 10.8. The predicted octanol–water partition coefficient (Wildman–Crippen LogP) is 1.85. The molecular weight excluding hydrogens is 254 g/mol. The molecule has 0 saturated heterocycles. The van der Waals surface area contributed by atoms with Crippen molar-refractivity contribution in [1.29, 1.82) is 0 Å². The first kappa shape index (κ1) is 13.8. The van der Waals surface area contributed by atoms with Crippen molar-refractivity contribution in [2.24, 2.45) is 0 Å². The molecule has 0 aliphatic rings. The number of hydrogen-bond acceptors (Lipinski definition) is 4. The second-order valence-electron chi connectivity index (χ2n) is 2.33. The summed E-state index contributed by atoms with van der Waals surface area (Å²) in [5.41, 5.74) is 0. The molecule has 0 unspecified atom stereocenters. The number of halogens is 3. The molecule has 0 heterocycles. The van der Waals surface area contributed by atoms with Gasteiger partial charge in [0, 0.05) is 13.3 Å². The Labute approximate surface area is 96.4 Å². The van der Waals surface area contributed by atoms with E-state index in [-0.39, 0.29) is 13.2 Å². The lowest BCUT2D eigenvalue weighted by Crippen LogP contribution is -2.22. The molecule has 0 amide bonds. The molecule has 0 spiro atoms. The second-order valence-corrected chi connectivity index (χ2v) is 4.61. The highest BCUT2D eigenvalue weighted by Crippen LogP contribution is 2.27. The van der Waals surface area contributed by atoms with Gasteiger partial charge in [-0.15, -0.1) is 0 Å². The molecule has 0 atom stereocenters. The Morgan fingerprint density at radius 3 is 2.07 bits per heavy atom. The van der Waals surface area contributed by atoms with Crippen LogP contribution < -0.4 is 0 Å². The topological polar surface area (TPSA) is 52.6 Å². The molecular formula is C7H9Cl3O4. The summed E-state index contributed by atoms with van der Waals surface area (Å²) in [4.78, 5) is 21.1. The van der Waals surface area contributed by atoms with Gasteiger partial charge in [-0.05, 0) is 0 Å². The van der Waals surface area contributed by atoms with Crippen LogP contribution in [0.25, 0.3) is 0 Å². The van der Waals surface area contributed by atoms with Crippen LogP contribution in [0, 0.1) is 0 Å². The molecule has 0 saturated carbocycles. The molecule has 4 nitrogen and oxygen atoms in total. The molecule has 0 aromatic rings. The number of hydrogen-bond donors (Lipinski definition) is 0. The zero-order valence-electron chi connectivity index (χ0n) is 7.39. The largest absolute Gasteiger partial charge is 0.466 e. The van der Waals surface area contributed by atoms with Crippen LogP contribution in [0.2, 0.25) is 0 Å². The van der Waals surface area contributed by atoms with E-state index in [0.29, 0.717) is 6.42 Å². The van der Waals surface area contributed by atoms with E-state index in [2.05, 4.69) is 9.47 Å². The third kappa shape index (κ3) is 7.24. The number of carbonyl (C=O) groups is 2. The summed E-state index contributed by atoms with van der Waals surface area (Å²) < 4.78 is 7.09. The van der Waals surface area contributed by atoms with Crippen molar-refractivity contribution in [3.63, 3.8) is 0 Å². The van der Waals surface area contributed by atoms with Crippen LogP contribution in [-0.2, 0) is 19.1 Å². The molecule has 0 aliphatic heterocycles. The van der Waals surface area contributed by atoms with E-state index in [9.17, 15) is 9.59 Å². The molecule has 0 rings (SSSR count). The van der Waals surface area contributed by atoms with Crippen molar-refractivity contribution in [2.75, 3.05) is 13.2 Å². The van der Waals surface area contributed by atoms with Crippen LogP contribution in [0.3, 0.4) is 0 Å². The highest BCUT2D eigenvalue weighted by atomic mass is 35.6. The van der Waals surface area contributed by atoms with Gasteiger partial charge in [-0.1, -0.05) is 34.8 Å². The van der Waals surface area contributed by atoms with Gasteiger partial charge >= 0.3 is 11.9 Å². The van der Waals surface area contributed by atoms with Gasteiger partial charge in [0.2, 0.25) is 0 Å². The number of esters is 2.